The molecular weight excluding hydrogens is 420 g/mol. The van der Waals surface area contributed by atoms with Crippen molar-refractivity contribution in [2.45, 2.75) is 23.7 Å². The summed E-state index contributed by atoms with van der Waals surface area (Å²) < 4.78 is 28.4. The number of fused-ring (bicyclic) bond motifs is 1. The number of aromatic amines is 1. The Hall–Kier alpha value is -3.71. The van der Waals surface area contributed by atoms with Crippen molar-refractivity contribution in [3.05, 3.63) is 113 Å². The fraction of sp³-hybridized carbons (Fsp3) is 0.120. The Bertz CT molecular complexity index is 1340. The molecule has 0 bridgehead atoms. The average molecular weight is 443 g/mol. The summed E-state index contributed by atoms with van der Waals surface area (Å²) in [6.45, 7) is 1.92. The second-order valence-corrected chi connectivity index (χ2v) is 9.65. The Morgan fingerprint density at radius 3 is 2.44 bits per heavy atom. The van der Waals surface area contributed by atoms with Crippen LogP contribution in [0.2, 0.25) is 0 Å². The maximum Gasteiger partial charge on any atom is 0.263 e. The van der Waals surface area contributed by atoms with E-state index in [2.05, 4.69) is 44.2 Å². The highest BCUT2D eigenvalue weighted by molar-refractivity contribution is 7.92. The molecule has 4 aromatic rings. The fourth-order valence-corrected chi connectivity index (χ4v) is 5.19. The van der Waals surface area contributed by atoms with Gasteiger partial charge in [0.25, 0.3) is 10.0 Å². The molecule has 0 aliphatic heterocycles. The normalized spacial score (nSPS) is 17.7. The quantitative estimate of drug-likeness (QED) is 0.477. The van der Waals surface area contributed by atoms with Gasteiger partial charge in [0.1, 0.15) is 0 Å². The number of pyridine rings is 1. The van der Waals surface area contributed by atoms with E-state index in [-0.39, 0.29) is 4.90 Å². The van der Waals surface area contributed by atoms with E-state index in [9.17, 15) is 8.42 Å². The van der Waals surface area contributed by atoms with Crippen molar-refractivity contribution in [3.8, 4) is 0 Å². The molecule has 0 saturated carbocycles. The summed E-state index contributed by atoms with van der Waals surface area (Å²) in [6.07, 6.45) is 8.29. The molecule has 1 unspecified atom stereocenters. The van der Waals surface area contributed by atoms with Crippen LogP contribution in [0.3, 0.4) is 0 Å². The fourth-order valence-electron chi connectivity index (χ4n) is 4.17. The molecule has 7 heteroatoms. The van der Waals surface area contributed by atoms with E-state index in [1.165, 1.54) is 0 Å². The Morgan fingerprint density at radius 1 is 0.969 bits per heavy atom. The third-order valence-electron chi connectivity index (χ3n) is 5.90. The van der Waals surface area contributed by atoms with Crippen LogP contribution in [0.25, 0.3) is 6.08 Å². The third-order valence-corrected chi connectivity index (χ3v) is 7.26. The topological polar surface area (TPSA) is 87.7 Å². The van der Waals surface area contributed by atoms with Crippen LogP contribution in [-0.2, 0) is 21.9 Å². The average Bonchev–Trinajstić information content (AvgIpc) is 3.21. The molecule has 1 aliphatic rings. The molecule has 0 saturated heterocycles. The van der Waals surface area contributed by atoms with Gasteiger partial charge in [-0.3, -0.25) is 14.8 Å². The van der Waals surface area contributed by atoms with Crippen molar-refractivity contribution >= 4 is 21.9 Å². The van der Waals surface area contributed by atoms with E-state index in [4.69, 9.17) is 0 Å². The molecule has 2 heterocycles. The smallest absolute Gasteiger partial charge is 0.263 e. The van der Waals surface area contributed by atoms with E-state index in [1.54, 1.807) is 30.5 Å². The lowest BCUT2D eigenvalue weighted by Gasteiger charge is -2.34. The summed E-state index contributed by atoms with van der Waals surface area (Å²) in [4.78, 5) is 4.53. The van der Waals surface area contributed by atoms with Gasteiger partial charge in [0.15, 0.2) is 5.82 Å². The van der Waals surface area contributed by atoms with Gasteiger partial charge < -0.3 is 0 Å². The first-order valence-electron chi connectivity index (χ1n) is 10.3. The van der Waals surface area contributed by atoms with Gasteiger partial charge in [0.05, 0.1) is 4.90 Å². The largest absolute Gasteiger partial charge is 0.280 e. The van der Waals surface area contributed by atoms with Crippen molar-refractivity contribution < 1.29 is 8.42 Å². The highest BCUT2D eigenvalue weighted by atomic mass is 32.2. The van der Waals surface area contributed by atoms with Crippen LogP contribution < -0.4 is 4.72 Å². The number of nitrogens with zero attached hydrogens (tertiary/aromatic N) is 2. The van der Waals surface area contributed by atoms with Gasteiger partial charge in [-0.15, -0.1) is 0 Å². The third kappa shape index (κ3) is 3.50. The SMILES string of the molecule is Cc1ccc(S(=O)(=O)Nc2n[nH]c3c2C=CC(c2ccccc2)(c2cccnc2)C3)cc1. The van der Waals surface area contributed by atoms with Gasteiger partial charge in [-0.05, 0) is 36.2 Å². The maximum absolute atomic E-state index is 12.9. The number of hydrogen-bond acceptors (Lipinski definition) is 4. The monoisotopic (exact) mass is 442 g/mol. The number of benzene rings is 2. The van der Waals surface area contributed by atoms with Crippen molar-refractivity contribution in [1.29, 1.82) is 0 Å². The molecule has 5 rings (SSSR count). The number of allylic oxidation sites excluding steroid dienone is 1. The molecular formula is C25H22N4O2S. The van der Waals surface area contributed by atoms with Crippen LogP contribution in [-0.4, -0.2) is 23.6 Å². The van der Waals surface area contributed by atoms with Crippen molar-refractivity contribution in [1.82, 2.24) is 15.2 Å². The van der Waals surface area contributed by atoms with Crippen molar-refractivity contribution in [3.63, 3.8) is 0 Å². The molecule has 0 radical (unpaired) electrons. The van der Waals surface area contributed by atoms with Gasteiger partial charge in [-0.25, -0.2) is 8.42 Å². The summed E-state index contributed by atoms with van der Waals surface area (Å²) in [7, 11) is -3.74. The van der Waals surface area contributed by atoms with Crippen LogP contribution in [0.1, 0.15) is 27.9 Å². The number of aromatic nitrogens is 3. The summed E-state index contributed by atoms with van der Waals surface area (Å²) >= 11 is 0. The summed E-state index contributed by atoms with van der Waals surface area (Å²) in [5.41, 5.74) is 4.37. The number of H-pyrrole nitrogens is 1. The Labute approximate surface area is 187 Å². The Balaban J connectivity index is 1.53. The molecule has 1 aliphatic carbocycles. The minimum Gasteiger partial charge on any atom is -0.280 e. The molecule has 32 heavy (non-hydrogen) atoms. The number of hydrogen-bond donors (Lipinski definition) is 2. The Morgan fingerprint density at radius 2 is 1.72 bits per heavy atom. The molecule has 6 nitrogen and oxygen atoms in total. The number of sulfonamides is 1. The van der Waals surface area contributed by atoms with E-state index in [0.717, 1.165) is 27.9 Å². The second kappa shape index (κ2) is 7.76. The highest BCUT2D eigenvalue weighted by Crippen LogP contribution is 2.42. The number of rotatable bonds is 5. The second-order valence-electron chi connectivity index (χ2n) is 7.97. The molecule has 1 atom stereocenters. The lowest BCUT2D eigenvalue weighted by atomic mass is 9.69. The molecule has 160 valence electrons. The van der Waals surface area contributed by atoms with Crippen molar-refractivity contribution in [2.24, 2.45) is 0 Å². The molecule has 2 aromatic heterocycles. The van der Waals surface area contributed by atoms with Gasteiger partial charge in [0.2, 0.25) is 0 Å². The van der Waals surface area contributed by atoms with E-state index in [0.29, 0.717) is 12.2 Å². The van der Waals surface area contributed by atoms with Gasteiger partial charge >= 0.3 is 0 Å². The van der Waals surface area contributed by atoms with Crippen molar-refractivity contribution in [2.75, 3.05) is 4.72 Å². The minimum atomic E-state index is -3.74. The van der Waals surface area contributed by atoms with Gasteiger partial charge in [-0.1, -0.05) is 66.2 Å². The maximum atomic E-state index is 12.9. The zero-order chi connectivity index (χ0) is 22.2. The van der Waals surface area contributed by atoms with Crippen LogP contribution in [0.4, 0.5) is 5.82 Å². The van der Waals surface area contributed by atoms with Crippen LogP contribution in [0.15, 0.2) is 90.1 Å². The van der Waals surface area contributed by atoms with Crippen LogP contribution in [0, 0.1) is 6.92 Å². The predicted molar refractivity (Wildman–Crippen MR) is 125 cm³/mol. The first-order chi connectivity index (χ1) is 15.5. The summed E-state index contributed by atoms with van der Waals surface area (Å²) in [6, 6.07) is 20.9. The number of aryl methyl sites for hydroxylation is 1. The standard InChI is InChI=1S/C25H22N4O2S/c1-18-9-11-21(12-10-18)32(30,31)29-24-22-13-14-25(16-23(22)27-28-24,19-6-3-2-4-7-19)20-8-5-15-26-17-20/h2-15,17H,16H2,1H3,(H2,27,28,29). The molecule has 0 fully saturated rings. The molecule has 0 spiro atoms. The van der Waals surface area contributed by atoms with E-state index in [1.807, 2.05) is 43.5 Å². The summed E-state index contributed by atoms with van der Waals surface area (Å²) in [5.74, 6) is 0.296. The molecule has 2 N–H and O–H groups in total. The predicted octanol–water partition coefficient (Wildman–Crippen LogP) is 4.47. The number of nitrogens with one attached hydrogen (secondary N) is 2. The minimum absolute atomic E-state index is 0.202. The zero-order valence-corrected chi connectivity index (χ0v) is 18.3. The van der Waals surface area contributed by atoms with Crippen LogP contribution in [0.5, 0.6) is 0 Å². The molecule has 0 amide bonds. The summed E-state index contributed by atoms with van der Waals surface area (Å²) in [5, 5.41) is 7.35. The Kier molecular flexibility index (Phi) is 4.90. The van der Waals surface area contributed by atoms with E-state index < -0.39 is 15.4 Å². The molecule has 2 aromatic carbocycles. The van der Waals surface area contributed by atoms with E-state index >= 15 is 0 Å². The number of anilines is 1. The lowest BCUT2D eigenvalue weighted by Crippen LogP contribution is -2.30. The van der Waals surface area contributed by atoms with Crippen LogP contribution >= 0.6 is 0 Å². The van der Waals surface area contributed by atoms with Gasteiger partial charge in [-0.2, -0.15) is 5.10 Å². The lowest BCUT2D eigenvalue weighted by molar-refractivity contribution is 0.601. The zero-order valence-electron chi connectivity index (χ0n) is 17.5. The highest BCUT2D eigenvalue weighted by Gasteiger charge is 2.37. The first-order valence-corrected chi connectivity index (χ1v) is 11.8. The first kappa shape index (κ1) is 20.2. The van der Waals surface area contributed by atoms with Gasteiger partial charge in [0, 0.05) is 35.5 Å².